The van der Waals surface area contributed by atoms with Gasteiger partial charge in [0.2, 0.25) is 0 Å². The third-order valence-corrected chi connectivity index (χ3v) is 6.86. The Morgan fingerprint density at radius 3 is 2.12 bits per heavy atom. The van der Waals surface area contributed by atoms with Crippen LogP contribution in [0.2, 0.25) is 0 Å². The number of nitrogens with zero attached hydrogens (tertiary/aromatic N) is 4. The molecule has 34 heavy (non-hydrogen) atoms. The van der Waals surface area contributed by atoms with E-state index < -0.39 is 0 Å². The van der Waals surface area contributed by atoms with E-state index in [4.69, 9.17) is 4.99 Å². The Morgan fingerprint density at radius 1 is 0.706 bits per heavy atom. The van der Waals surface area contributed by atoms with E-state index in [1.165, 1.54) is 33.2 Å². The lowest BCUT2D eigenvalue weighted by molar-refractivity contribution is 0.795. The van der Waals surface area contributed by atoms with Gasteiger partial charge in [-0.25, -0.2) is 4.98 Å². The van der Waals surface area contributed by atoms with Crippen molar-refractivity contribution in [1.82, 2.24) is 20.2 Å². The number of aromatic amines is 1. The van der Waals surface area contributed by atoms with Crippen LogP contribution in [0, 0.1) is 5.92 Å². The SMILES string of the molecule is CC(C)C1=Nc2c(c3ccc(-c4ccc(-c5cnc(C(C)C)[nH]5)cc4)cc3c3cnncc23)C1. The lowest BCUT2D eigenvalue weighted by Gasteiger charge is -2.12. The zero-order valence-electron chi connectivity index (χ0n) is 19.9. The van der Waals surface area contributed by atoms with Gasteiger partial charge < -0.3 is 4.98 Å². The molecule has 1 aliphatic heterocycles. The third kappa shape index (κ3) is 3.31. The van der Waals surface area contributed by atoms with Crippen LogP contribution in [0.5, 0.6) is 0 Å². The predicted octanol–water partition coefficient (Wildman–Crippen LogP) is 7.25. The Bertz CT molecular complexity index is 1570. The summed E-state index contributed by atoms with van der Waals surface area (Å²) in [5.74, 6) is 1.82. The van der Waals surface area contributed by atoms with Gasteiger partial charge in [0.25, 0.3) is 0 Å². The quantitative estimate of drug-likeness (QED) is 0.296. The van der Waals surface area contributed by atoms with Crippen molar-refractivity contribution in [1.29, 1.82) is 0 Å². The minimum Gasteiger partial charge on any atom is -0.342 e. The number of hydrogen-bond acceptors (Lipinski definition) is 4. The van der Waals surface area contributed by atoms with Gasteiger partial charge in [-0.2, -0.15) is 10.2 Å². The number of benzene rings is 3. The van der Waals surface area contributed by atoms with Crippen LogP contribution in [0.3, 0.4) is 0 Å². The van der Waals surface area contributed by atoms with Crippen LogP contribution in [-0.4, -0.2) is 25.9 Å². The Morgan fingerprint density at radius 2 is 1.41 bits per heavy atom. The molecular weight excluding hydrogens is 418 g/mol. The first kappa shape index (κ1) is 20.7. The number of rotatable bonds is 4. The summed E-state index contributed by atoms with van der Waals surface area (Å²) in [5, 5.41) is 13.0. The first-order chi connectivity index (χ1) is 16.5. The fourth-order valence-electron chi connectivity index (χ4n) is 4.85. The van der Waals surface area contributed by atoms with E-state index in [1.54, 1.807) is 0 Å². The second-order valence-electron chi connectivity index (χ2n) is 9.75. The zero-order chi connectivity index (χ0) is 23.4. The highest BCUT2D eigenvalue weighted by molar-refractivity contribution is 6.18. The summed E-state index contributed by atoms with van der Waals surface area (Å²) < 4.78 is 0. The van der Waals surface area contributed by atoms with E-state index in [-0.39, 0.29) is 0 Å². The van der Waals surface area contributed by atoms with E-state index >= 15 is 0 Å². The molecule has 3 aromatic carbocycles. The molecular formula is C29H27N5. The van der Waals surface area contributed by atoms with Crippen molar-refractivity contribution in [2.24, 2.45) is 10.9 Å². The van der Waals surface area contributed by atoms with E-state index in [0.717, 1.165) is 40.0 Å². The summed E-state index contributed by atoms with van der Waals surface area (Å²) in [5.41, 5.74) is 8.17. The van der Waals surface area contributed by atoms with Gasteiger partial charge in [-0.05, 0) is 45.0 Å². The van der Waals surface area contributed by atoms with Crippen molar-refractivity contribution in [2.75, 3.05) is 0 Å². The molecule has 1 N–H and O–H groups in total. The number of imidazole rings is 1. The van der Waals surface area contributed by atoms with Crippen LogP contribution in [-0.2, 0) is 6.42 Å². The largest absolute Gasteiger partial charge is 0.342 e. The molecule has 0 radical (unpaired) electrons. The van der Waals surface area contributed by atoms with Crippen molar-refractivity contribution >= 4 is 32.9 Å². The number of hydrogen-bond donors (Lipinski definition) is 1. The average molecular weight is 446 g/mol. The van der Waals surface area contributed by atoms with Gasteiger partial charge in [0, 0.05) is 28.8 Å². The number of nitrogens with one attached hydrogen (secondary N) is 1. The maximum atomic E-state index is 5.00. The highest BCUT2D eigenvalue weighted by atomic mass is 15.1. The first-order valence-electron chi connectivity index (χ1n) is 11.9. The molecule has 0 saturated carbocycles. The molecule has 0 fully saturated rings. The van der Waals surface area contributed by atoms with Gasteiger partial charge in [0.1, 0.15) is 5.82 Å². The van der Waals surface area contributed by atoms with Crippen molar-refractivity contribution in [3.8, 4) is 22.4 Å². The molecule has 5 heteroatoms. The Balaban J connectivity index is 1.44. The van der Waals surface area contributed by atoms with Crippen LogP contribution in [0.1, 0.15) is 45.0 Å². The van der Waals surface area contributed by atoms with E-state index in [2.05, 4.69) is 90.3 Å². The normalized spacial score (nSPS) is 13.3. The van der Waals surface area contributed by atoms with Crippen LogP contribution in [0.4, 0.5) is 5.69 Å². The van der Waals surface area contributed by atoms with E-state index in [1.807, 2.05) is 18.6 Å². The zero-order valence-corrected chi connectivity index (χ0v) is 19.9. The fraction of sp³-hybridized carbons (Fsp3) is 0.241. The van der Waals surface area contributed by atoms with Crippen LogP contribution >= 0.6 is 0 Å². The fourth-order valence-corrected chi connectivity index (χ4v) is 4.85. The van der Waals surface area contributed by atoms with E-state index in [9.17, 15) is 0 Å². The summed E-state index contributed by atoms with van der Waals surface area (Å²) in [4.78, 5) is 12.9. The maximum Gasteiger partial charge on any atom is 0.109 e. The summed E-state index contributed by atoms with van der Waals surface area (Å²) >= 11 is 0. The summed E-state index contributed by atoms with van der Waals surface area (Å²) in [6, 6.07) is 15.4. The summed E-state index contributed by atoms with van der Waals surface area (Å²) in [7, 11) is 0. The number of aromatic nitrogens is 4. The molecule has 0 spiro atoms. The van der Waals surface area contributed by atoms with Crippen molar-refractivity contribution in [3.05, 3.63) is 72.4 Å². The molecule has 168 valence electrons. The Labute approximate surface area is 199 Å². The second-order valence-corrected chi connectivity index (χ2v) is 9.75. The van der Waals surface area contributed by atoms with Gasteiger partial charge in [0.15, 0.2) is 0 Å². The highest BCUT2D eigenvalue weighted by Crippen LogP contribution is 2.43. The van der Waals surface area contributed by atoms with Gasteiger partial charge in [-0.1, -0.05) is 64.1 Å². The predicted molar refractivity (Wildman–Crippen MR) is 140 cm³/mol. The molecule has 5 aromatic rings. The number of H-pyrrole nitrogens is 1. The lowest BCUT2D eigenvalue weighted by Crippen LogP contribution is -2.06. The van der Waals surface area contributed by atoms with Crippen LogP contribution < -0.4 is 0 Å². The smallest absolute Gasteiger partial charge is 0.109 e. The van der Waals surface area contributed by atoms with Gasteiger partial charge in [-0.3, -0.25) is 4.99 Å². The topological polar surface area (TPSA) is 66.8 Å². The van der Waals surface area contributed by atoms with Crippen molar-refractivity contribution in [3.63, 3.8) is 0 Å². The van der Waals surface area contributed by atoms with Crippen LogP contribution in [0.15, 0.2) is 66.0 Å². The van der Waals surface area contributed by atoms with Gasteiger partial charge >= 0.3 is 0 Å². The van der Waals surface area contributed by atoms with Crippen molar-refractivity contribution in [2.45, 2.75) is 40.0 Å². The molecule has 0 aliphatic carbocycles. The lowest BCUT2D eigenvalue weighted by atomic mass is 9.92. The molecule has 0 unspecified atom stereocenters. The van der Waals surface area contributed by atoms with E-state index in [0.29, 0.717) is 11.8 Å². The maximum absolute atomic E-state index is 5.00. The molecule has 3 heterocycles. The van der Waals surface area contributed by atoms with Gasteiger partial charge in [0.05, 0.1) is 30.0 Å². The monoisotopic (exact) mass is 445 g/mol. The average Bonchev–Trinajstić information content (AvgIpc) is 3.53. The minimum absolute atomic E-state index is 0.383. The molecule has 0 bridgehead atoms. The summed E-state index contributed by atoms with van der Waals surface area (Å²) in [6.45, 7) is 8.71. The molecule has 6 rings (SSSR count). The Hall–Kier alpha value is -3.86. The minimum atomic E-state index is 0.383. The molecule has 1 aliphatic rings. The molecule has 0 atom stereocenters. The first-order valence-corrected chi connectivity index (χ1v) is 11.9. The molecule has 0 saturated heterocycles. The molecule has 0 amide bonds. The standard InChI is InChI=1S/C29H27N5/c1-16(2)26-12-23-21-10-9-20(11-22(21)24-13-31-32-14-25(24)28(23)33-26)18-5-7-19(8-6-18)27-15-30-29(34-27)17(3)4/h5-11,13-17H,12H2,1-4H3,(H,30,34). The third-order valence-electron chi connectivity index (χ3n) is 6.86. The Kier molecular flexibility index (Phi) is 4.80. The van der Waals surface area contributed by atoms with Crippen LogP contribution in [0.25, 0.3) is 43.9 Å². The molecule has 2 aromatic heterocycles. The van der Waals surface area contributed by atoms with Crippen molar-refractivity contribution < 1.29 is 0 Å². The summed E-state index contributed by atoms with van der Waals surface area (Å²) in [6.07, 6.45) is 6.55. The van der Waals surface area contributed by atoms with Gasteiger partial charge in [-0.15, -0.1) is 0 Å². The highest BCUT2D eigenvalue weighted by Gasteiger charge is 2.23. The molecule has 5 nitrogen and oxygen atoms in total. The number of aliphatic imine (C=N–C) groups is 1. The number of fused-ring (bicyclic) bond motifs is 6. The second kappa shape index (κ2) is 7.87.